The van der Waals surface area contributed by atoms with Gasteiger partial charge in [0.05, 0.1) is 25.4 Å². The van der Waals surface area contributed by atoms with Gasteiger partial charge in [0.15, 0.2) is 12.4 Å². The smallest absolute Gasteiger partial charge is 0.303 e. The number of alkyl halides is 2. The summed E-state index contributed by atoms with van der Waals surface area (Å²) in [4.78, 5) is 33.8. The maximum atomic E-state index is 11.6. The molecule has 14 atom stereocenters. The maximum absolute atomic E-state index is 11.6. The lowest BCUT2D eigenvalue weighted by Crippen LogP contribution is -2.54. The highest BCUT2D eigenvalue weighted by atomic mass is 79.9. The molecule has 0 radical (unpaired) electrons. The molecule has 12 heteroatoms. The van der Waals surface area contributed by atoms with Crippen molar-refractivity contribution >= 4 is 49.8 Å². The van der Waals surface area contributed by atoms with Crippen molar-refractivity contribution in [3.63, 3.8) is 0 Å². The third kappa shape index (κ3) is 10.1. The lowest BCUT2D eigenvalue weighted by molar-refractivity contribution is -0.286. The quantitative estimate of drug-likeness (QED) is 0.186. The summed E-state index contributed by atoms with van der Waals surface area (Å²) in [7, 11) is 0. The molecule has 10 nitrogen and oxygen atoms in total. The molecule has 0 unspecified atom stereocenters. The van der Waals surface area contributed by atoms with E-state index < -0.39 is 17.4 Å². The zero-order valence-corrected chi connectivity index (χ0v) is 29.7. The van der Waals surface area contributed by atoms with Crippen molar-refractivity contribution in [3.05, 3.63) is 0 Å². The lowest BCUT2D eigenvalue weighted by atomic mass is 9.82. The molecule has 0 spiro atoms. The fourth-order valence-electron chi connectivity index (χ4n) is 5.60. The van der Waals surface area contributed by atoms with Gasteiger partial charge in [-0.3, -0.25) is 14.4 Å². The predicted octanol–water partition coefficient (Wildman–Crippen LogP) is 5.61. The number of carbonyl (C=O) groups excluding carboxylic acids is 3. The second-order valence-electron chi connectivity index (χ2n) is 12.0. The van der Waals surface area contributed by atoms with E-state index in [0.29, 0.717) is 18.4 Å². The van der Waals surface area contributed by atoms with E-state index in [9.17, 15) is 14.4 Å². The normalized spacial score (nSPS) is 42.0. The van der Waals surface area contributed by atoms with Crippen LogP contribution in [-0.2, 0) is 47.5 Å². The SMILES string of the molecule is CC(=O)O[C@H]1[C@H](C)[C@H](C)CO[C@H]1Br.CC[C@H]1O[C@@H](OC[C@H]2O[C@H](Br)[C@H](OC(C)=O)[C@@H](C)[C@@H]2C)[C@H](OC(C)=O)[C@@H](C)[C@@H]1C. The Morgan fingerprint density at radius 2 is 1.14 bits per heavy atom. The first-order valence-electron chi connectivity index (χ1n) is 14.9. The zero-order chi connectivity index (χ0) is 31.9. The van der Waals surface area contributed by atoms with E-state index >= 15 is 0 Å². The predicted molar refractivity (Wildman–Crippen MR) is 163 cm³/mol. The molecule has 3 aliphatic rings. The van der Waals surface area contributed by atoms with Crippen LogP contribution in [0.1, 0.15) is 75.7 Å². The van der Waals surface area contributed by atoms with Gasteiger partial charge < -0.3 is 33.2 Å². The van der Waals surface area contributed by atoms with Crippen LogP contribution >= 0.6 is 31.9 Å². The van der Waals surface area contributed by atoms with Crippen LogP contribution in [0.3, 0.4) is 0 Å². The molecule has 0 amide bonds. The average Bonchev–Trinajstić information content (AvgIpc) is 2.91. The Labute approximate surface area is 267 Å². The molecule has 0 aromatic rings. The first-order chi connectivity index (χ1) is 19.6. The largest absolute Gasteiger partial charge is 0.459 e. The van der Waals surface area contributed by atoms with Gasteiger partial charge in [-0.2, -0.15) is 0 Å². The second-order valence-corrected chi connectivity index (χ2v) is 13.8. The average molecular weight is 731 g/mol. The number of hydrogen-bond donors (Lipinski definition) is 0. The highest BCUT2D eigenvalue weighted by Crippen LogP contribution is 2.38. The monoisotopic (exact) mass is 728 g/mol. The molecule has 0 aliphatic carbocycles. The van der Waals surface area contributed by atoms with Crippen molar-refractivity contribution in [1.29, 1.82) is 0 Å². The van der Waals surface area contributed by atoms with Gasteiger partial charge in [-0.1, -0.05) is 80.3 Å². The number of ether oxygens (including phenoxy) is 7. The molecule has 0 N–H and O–H groups in total. The first-order valence-corrected chi connectivity index (χ1v) is 16.8. The summed E-state index contributed by atoms with van der Waals surface area (Å²) >= 11 is 6.84. The molecule has 0 saturated carbocycles. The van der Waals surface area contributed by atoms with Crippen molar-refractivity contribution in [1.82, 2.24) is 0 Å². The van der Waals surface area contributed by atoms with Gasteiger partial charge in [-0.15, -0.1) is 0 Å². The molecule has 42 heavy (non-hydrogen) atoms. The summed E-state index contributed by atoms with van der Waals surface area (Å²) in [5.41, 5.74) is 0. The second kappa shape index (κ2) is 17.1. The van der Waals surface area contributed by atoms with Crippen LogP contribution in [0.4, 0.5) is 0 Å². The van der Waals surface area contributed by atoms with Gasteiger partial charge in [0.25, 0.3) is 0 Å². The van der Waals surface area contributed by atoms with Crippen LogP contribution in [0.5, 0.6) is 0 Å². The van der Waals surface area contributed by atoms with Crippen LogP contribution in [0.25, 0.3) is 0 Å². The van der Waals surface area contributed by atoms with Crippen molar-refractivity contribution in [2.45, 2.75) is 122 Å². The summed E-state index contributed by atoms with van der Waals surface area (Å²) < 4.78 is 39.9. The maximum Gasteiger partial charge on any atom is 0.303 e. The van der Waals surface area contributed by atoms with Gasteiger partial charge in [0.1, 0.15) is 22.2 Å². The summed E-state index contributed by atoms with van der Waals surface area (Å²) in [6.07, 6.45) is -0.930. The Morgan fingerprint density at radius 3 is 1.67 bits per heavy atom. The standard InChI is InChI=1S/C21H35BrO7.C9H15BrO3/c1-8-16-10(2)13(5)19(27-15(7)24)21(29-16)25-9-17-11(3)12(4)18(20(22)28-17)26-14(6)23;1-5-4-12-9(10)8(6(5)2)13-7(3)11/h10-13,16-21H,8-9H2,1-7H3;5-6,8-9H,4H2,1-3H3/t10-,11-,12-,13-,16+,17+,18+,19+,20-,21+;5-,6-,8+,9-/m01/s1. The Kier molecular flexibility index (Phi) is 15.2. The van der Waals surface area contributed by atoms with E-state index in [1.165, 1.54) is 20.8 Å². The van der Waals surface area contributed by atoms with Gasteiger partial charge >= 0.3 is 17.9 Å². The van der Waals surface area contributed by atoms with Crippen molar-refractivity contribution < 1.29 is 47.5 Å². The molecule has 0 bridgehead atoms. The molecule has 3 aliphatic heterocycles. The van der Waals surface area contributed by atoms with Gasteiger partial charge in [0, 0.05) is 38.5 Å². The van der Waals surface area contributed by atoms with E-state index in [1.54, 1.807) is 0 Å². The van der Waals surface area contributed by atoms with Crippen LogP contribution in [-0.4, -0.2) is 78.0 Å². The van der Waals surface area contributed by atoms with Gasteiger partial charge in [0.2, 0.25) is 0 Å². The lowest BCUT2D eigenvalue weighted by Gasteiger charge is -2.45. The molecule has 3 heterocycles. The topological polar surface area (TPSA) is 116 Å². The number of rotatable bonds is 7. The van der Waals surface area contributed by atoms with Crippen LogP contribution in [0.15, 0.2) is 0 Å². The third-order valence-electron chi connectivity index (χ3n) is 8.93. The molecular formula is C30H50Br2O10. The van der Waals surface area contributed by atoms with E-state index in [1.807, 2.05) is 6.92 Å². The molecule has 3 saturated heterocycles. The molecule has 3 fully saturated rings. The minimum absolute atomic E-state index is 0.0442. The van der Waals surface area contributed by atoms with E-state index in [-0.39, 0.29) is 71.0 Å². The van der Waals surface area contributed by atoms with Crippen LogP contribution < -0.4 is 0 Å². The highest BCUT2D eigenvalue weighted by Gasteiger charge is 2.46. The molecule has 0 aromatic carbocycles. The highest BCUT2D eigenvalue weighted by molar-refractivity contribution is 9.09. The van der Waals surface area contributed by atoms with Gasteiger partial charge in [-0.25, -0.2) is 0 Å². The molecule has 0 aromatic heterocycles. The molecule has 244 valence electrons. The fraction of sp³-hybridized carbons (Fsp3) is 0.900. The Balaban J connectivity index is 0.000000395. The van der Waals surface area contributed by atoms with Crippen molar-refractivity contribution in [2.75, 3.05) is 13.2 Å². The summed E-state index contributed by atoms with van der Waals surface area (Å²) in [5, 5.41) is -0.576. The van der Waals surface area contributed by atoms with E-state index in [0.717, 1.165) is 13.0 Å². The minimum Gasteiger partial charge on any atom is -0.459 e. The summed E-state index contributed by atoms with van der Waals surface area (Å²) in [6.45, 7) is 19.8. The number of hydrogen-bond acceptors (Lipinski definition) is 10. The van der Waals surface area contributed by atoms with Crippen molar-refractivity contribution in [3.8, 4) is 0 Å². The van der Waals surface area contributed by atoms with Gasteiger partial charge in [-0.05, 0) is 24.2 Å². The molecule has 3 rings (SSSR count). The summed E-state index contributed by atoms with van der Waals surface area (Å²) in [5.74, 6) is 0.395. The van der Waals surface area contributed by atoms with E-state index in [2.05, 4.69) is 73.4 Å². The Morgan fingerprint density at radius 1 is 0.667 bits per heavy atom. The number of carbonyl (C=O) groups is 3. The number of esters is 3. The van der Waals surface area contributed by atoms with Crippen LogP contribution in [0.2, 0.25) is 0 Å². The summed E-state index contributed by atoms with van der Waals surface area (Å²) in [6, 6.07) is 0. The Hall–Kier alpha value is -0.790. The fourth-order valence-corrected chi connectivity index (χ4v) is 7.21. The Bertz CT molecular complexity index is 890. The third-order valence-corrected chi connectivity index (χ3v) is 10.5. The first kappa shape index (κ1) is 37.4. The minimum atomic E-state index is -0.638. The van der Waals surface area contributed by atoms with E-state index in [4.69, 9.17) is 33.2 Å². The number of halogens is 2. The zero-order valence-electron chi connectivity index (χ0n) is 26.5. The molecular weight excluding hydrogens is 680 g/mol. The van der Waals surface area contributed by atoms with Crippen molar-refractivity contribution in [2.24, 2.45) is 35.5 Å². The van der Waals surface area contributed by atoms with Crippen LogP contribution in [0, 0.1) is 35.5 Å².